The molecule has 0 amide bonds. The van der Waals surface area contributed by atoms with Gasteiger partial charge in [-0.15, -0.1) is 0 Å². The van der Waals surface area contributed by atoms with Crippen molar-refractivity contribution in [3.63, 3.8) is 0 Å². The molecule has 0 radical (unpaired) electrons. The van der Waals surface area contributed by atoms with Gasteiger partial charge in [0, 0.05) is 0 Å². The van der Waals surface area contributed by atoms with Crippen LogP contribution in [0.2, 0.25) is 0 Å². The molecule has 0 unspecified atom stereocenters. The zero-order chi connectivity index (χ0) is 18.9. The molecule has 27 heavy (non-hydrogen) atoms. The Kier molecular flexibility index (Phi) is 7.61. The maximum atomic E-state index is 6.23. The summed E-state index contributed by atoms with van der Waals surface area (Å²) in [6.07, 6.45) is 0. The summed E-state index contributed by atoms with van der Waals surface area (Å²) in [7, 11) is 3.24. The molecule has 4 N–H and O–H groups in total. The minimum absolute atomic E-state index is 0.551. The summed E-state index contributed by atoms with van der Waals surface area (Å²) in [6, 6.07) is 29.8. The van der Waals surface area contributed by atoms with E-state index in [9.17, 15) is 0 Å². The van der Waals surface area contributed by atoms with E-state index in [0.717, 1.165) is 11.4 Å². The van der Waals surface area contributed by atoms with Crippen LogP contribution in [0.5, 0.6) is 0 Å². The standard InChI is InChI=1S/C20H19IN4S2/c22-19(24-17-12-6-2-7-13-17)26-21(16-10-4-1-5-11-16)27-20(23)25-18-14-8-3-9-15-18/h1-15H,(H2,22,24)(H2,23,25). The first-order valence-corrected chi connectivity index (χ1v) is 15.9. The van der Waals surface area contributed by atoms with Crippen molar-refractivity contribution in [3.8, 4) is 0 Å². The molecule has 0 bridgehead atoms. The van der Waals surface area contributed by atoms with Crippen molar-refractivity contribution in [2.24, 2.45) is 21.5 Å². The second kappa shape index (κ2) is 10.4. The summed E-state index contributed by atoms with van der Waals surface area (Å²) in [5, 5.41) is 1.10. The average Bonchev–Trinajstić information content (AvgIpc) is 2.69. The van der Waals surface area contributed by atoms with Crippen LogP contribution in [0.4, 0.5) is 11.4 Å². The fourth-order valence-electron chi connectivity index (χ4n) is 2.06. The molecule has 4 nitrogen and oxygen atoms in total. The Labute approximate surface area is 171 Å². The van der Waals surface area contributed by atoms with Gasteiger partial charge in [-0.05, 0) is 0 Å². The Morgan fingerprint density at radius 2 is 0.963 bits per heavy atom. The number of nitrogens with two attached hydrogens (primary N) is 2. The SMILES string of the molecule is NC(=Nc1ccccc1)SI(SC(N)=Nc1ccccc1)c1ccccc1. The summed E-state index contributed by atoms with van der Waals surface area (Å²) in [6.45, 7) is 0. The van der Waals surface area contributed by atoms with E-state index in [1.165, 1.54) is 3.57 Å². The molecule has 0 aliphatic heterocycles. The van der Waals surface area contributed by atoms with Crippen LogP contribution in [0, 0.1) is 3.57 Å². The number of aliphatic imine (C=N–C) groups is 2. The summed E-state index contributed by atoms with van der Waals surface area (Å²) < 4.78 is 1.26. The molecule has 3 aromatic carbocycles. The van der Waals surface area contributed by atoms with Crippen LogP contribution in [-0.2, 0) is 0 Å². The van der Waals surface area contributed by atoms with Crippen molar-refractivity contribution >= 4 is 56.6 Å². The van der Waals surface area contributed by atoms with E-state index in [-0.39, 0.29) is 0 Å². The molecule has 0 fully saturated rings. The molecular formula is C20H19IN4S2. The van der Waals surface area contributed by atoms with Crippen molar-refractivity contribution < 1.29 is 0 Å². The Morgan fingerprint density at radius 3 is 1.37 bits per heavy atom. The molecule has 7 heteroatoms. The van der Waals surface area contributed by atoms with E-state index in [1.807, 2.05) is 78.9 Å². The fourth-order valence-corrected chi connectivity index (χ4v) is 13.3. The summed E-state index contributed by atoms with van der Waals surface area (Å²) in [4.78, 5) is 9.04. The van der Waals surface area contributed by atoms with Crippen molar-refractivity contribution in [3.05, 3.63) is 94.6 Å². The number of hydrogen-bond acceptors (Lipinski definition) is 4. The second-order valence-electron chi connectivity index (χ2n) is 5.24. The van der Waals surface area contributed by atoms with Gasteiger partial charge < -0.3 is 0 Å². The normalized spacial score (nSPS) is 12.7. The predicted molar refractivity (Wildman–Crippen MR) is 130 cm³/mol. The van der Waals surface area contributed by atoms with Crippen molar-refractivity contribution in [2.75, 3.05) is 0 Å². The zero-order valence-electron chi connectivity index (χ0n) is 14.4. The van der Waals surface area contributed by atoms with E-state index in [4.69, 9.17) is 11.5 Å². The van der Waals surface area contributed by atoms with E-state index in [2.05, 4.69) is 22.1 Å². The van der Waals surface area contributed by atoms with Crippen molar-refractivity contribution in [1.29, 1.82) is 0 Å². The monoisotopic (exact) mass is 506 g/mol. The molecule has 0 aliphatic carbocycles. The number of amidine groups is 2. The van der Waals surface area contributed by atoms with Gasteiger partial charge in [0.05, 0.1) is 0 Å². The van der Waals surface area contributed by atoms with Gasteiger partial charge in [0.2, 0.25) is 0 Å². The maximum absolute atomic E-state index is 6.23. The predicted octanol–water partition coefficient (Wildman–Crippen LogP) is 5.95. The summed E-state index contributed by atoms with van der Waals surface area (Å²) >= 11 is -1.88. The van der Waals surface area contributed by atoms with Crippen LogP contribution >= 0.6 is 34.9 Å². The first-order chi connectivity index (χ1) is 13.2. The minimum atomic E-state index is -1.88. The molecule has 0 atom stereocenters. The zero-order valence-corrected chi connectivity index (χ0v) is 18.2. The summed E-state index contributed by atoms with van der Waals surface area (Å²) in [5.74, 6) is 0. The van der Waals surface area contributed by atoms with Gasteiger partial charge >= 0.3 is 173 Å². The van der Waals surface area contributed by atoms with Gasteiger partial charge in [-0.25, -0.2) is 0 Å². The molecular weight excluding hydrogens is 487 g/mol. The van der Waals surface area contributed by atoms with Gasteiger partial charge in [-0.3, -0.25) is 0 Å². The number of benzene rings is 3. The topological polar surface area (TPSA) is 76.8 Å². The van der Waals surface area contributed by atoms with Gasteiger partial charge in [0.15, 0.2) is 0 Å². The van der Waals surface area contributed by atoms with Gasteiger partial charge in [-0.2, -0.15) is 0 Å². The average molecular weight is 506 g/mol. The Bertz CT molecular complexity index is 846. The van der Waals surface area contributed by atoms with E-state index in [0.29, 0.717) is 10.3 Å². The first-order valence-electron chi connectivity index (χ1n) is 8.11. The molecule has 3 rings (SSSR count). The Hall–Kier alpha value is -1.97. The van der Waals surface area contributed by atoms with Gasteiger partial charge in [0.25, 0.3) is 0 Å². The molecule has 0 heterocycles. The molecule has 0 aromatic heterocycles. The number of rotatable bonds is 5. The molecule has 3 aromatic rings. The third-order valence-corrected chi connectivity index (χ3v) is 15.7. The van der Waals surface area contributed by atoms with E-state index >= 15 is 0 Å². The second-order valence-corrected chi connectivity index (χ2v) is 17.0. The molecule has 0 saturated heterocycles. The number of hydrogen-bond donors (Lipinski definition) is 2. The van der Waals surface area contributed by atoms with Crippen LogP contribution in [0.1, 0.15) is 0 Å². The van der Waals surface area contributed by atoms with Crippen molar-refractivity contribution in [1.82, 2.24) is 0 Å². The summed E-state index contributed by atoms with van der Waals surface area (Å²) in [5.41, 5.74) is 14.2. The third-order valence-electron chi connectivity index (χ3n) is 3.20. The van der Waals surface area contributed by atoms with Crippen LogP contribution in [0.15, 0.2) is 101 Å². The Balaban J connectivity index is 1.79. The van der Waals surface area contributed by atoms with Crippen LogP contribution < -0.4 is 11.5 Å². The molecule has 0 saturated carbocycles. The van der Waals surface area contributed by atoms with Crippen LogP contribution in [0.3, 0.4) is 0 Å². The quantitative estimate of drug-likeness (QED) is 0.255. The van der Waals surface area contributed by atoms with Crippen LogP contribution in [-0.4, -0.2) is 10.3 Å². The van der Waals surface area contributed by atoms with Crippen LogP contribution in [0.25, 0.3) is 0 Å². The molecule has 138 valence electrons. The van der Waals surface area contributed by atoms with E-state index in [1.54, 1.807) is 17.9 Å². The van der Waals surface area contributed by atoms with Gasteiger partial charge in [0.1, 0.15) is 0 Å². The third kappa shape index (κ3) is 6.60. The fraction of sp³-hybridized carbons (Fsp3) is 0. The van der Waals surface area contributed by atoms with Crippen molar-refractivity contribution in [2.45, 2.75) is 0 Å². The number of nitrogens with zero attached hydrogens (tertiary/aromatic N) is 2. The first kappa shape index (κ1) is 19.8. The van der Waals surface area contributed by atoms with Gasteiger partial charge in [-0.1, -0.05) is 0 Å². The Morgan fingerprint density at radius 1 is 0.593 bits per heavy atom. The van der Waals surface area contributed by atoms with E-state index < -0.39 is 17.0 Å². The number of para-hydroxylation sites is 2. The molecule has 0 aliphatic rings. The number of halogens is 1. The molecule has 0 spiro atoms.